The third-order valence-corrected chi connectivity index (χ3v) is 12.4. The van der Waals surface area contributed by atoms with Crippen molar-refractivity contribution in [1.82, 2.24) is 9.97 Å². The highest BCUT2D eigenvalue weighted by Gasteiger charge is 2.56. The van der Waals surface area contributed by atoms with Crippen molar-refractivity contribution in [2.75, 3.05) is 23.8 Å². The minimum Gasteiger partial charge on any atom is -0.383 e. The molecule has 0 bridgehead atoms. The zero-order valence-electron chi connectivity index (χ0n) is 27.3. The number of nitrogens with zero attached hydrogens (tertiary/aromatic N) is 2. The van der Waals surface area contributed by atoms with E-state index in [1.165, 1.54) is 70.6 Å². The fraction of sp³-hybridized carbons (Fsp3) is 0.833. The number of ether oxygens (including phenoxy) is 1. The molecule has 6 N–H and O–H groups in total. The summed E-state index contributed by atoms with van der Waals surface area (Å²) in [5.41, 5.74) is 20.8. The van der Waals surface area contributed by atoms with Crippen molar-refractivity contribution in [2.45, 2.75) is 137 Å². The maximum Gasteiger partial charge on any atom is 0.223 e. The molecule has 3 fully saturated rings. The molecule has 0 aromatic carbocycles. The van der Waals surface area contributed by atoms with Gasteiger partial charge in [-0.2, -0.15) is 9.97 Å². The van der Waals surface area contributed by atoms with E-state index in [9.17, 15) is 0 Å². The number of allylic oxidation sites excluding steroid dienone is 1. The molecule has 0 radical (unpaired) electrons. The molecule has 4 aliphatic carbocycles. The highest BCUT2D eigenvalue weighted by atomic mass is 16.5. The first kappa shape index (κ1) is 31.6. The Morgan fingerprint density at radius 3 is 2.40 bits per heavy atom. The molecule has 6 heteroatoms. The number of anilines is 3. The van der Waals surface area contributed by atoms with Gasteiger partial charge in [0.15, 0.2) is 0 Å². The fourth-order valence-electron chi connectivity index (χ4n) is 10.2. The van der Waals surface area contributed by atoms with Crippen LogP contribution in [0.4, 0.5) is 17.6 Å². The first-order valence-electron chi connectivity index (χ1n) is 17.6. The van der Waals surface area contributed by atoms with E-state index in [4.69, 9.17) is 21.9 Å². The van der Waals surface area contributed by atoms with Gasteiger partial charge in [-0.3, -0.25) is 0 Å². The van der Waals surface area contributed by atoms with Crippen LogP contribution in [-0.4, -0.2) is 22.7 Å². The molecule has 0 amide bonds. The molecule has 1 aromatic heterocycles. The van der Waals surface area contributed by atoms with Gasteiger partial charge in [0.05, 0.1) is 6.10 Å². The third-order valence-electron chi connectivity index (χ3n) is 12.4. The summed E-state index contributed by atoms with van der Waals surface area (Å²) in [6.07, 6.45) is 23.7. The SMILES string of the molecule is CC(C)CCC[C@@H](C)[C@H]1CC[C@H]2[C@@H]3CC=C4C[C@@H](OCCCCCCc5c(N)nc(N)nc5N)CC[C@@H]4[C@H]3CC[C@]12C. The summed E-state index contributed by atoms with van der Waals surface area (Å²) >= 11 is 0. The van der Waals surface area contributed by atoms with Crippen molar-refractivity contribution in [3.63, 3.8) is 0 Å². The molecule has 8 atom stereocenters. The number of hydrogen-bond donors (Lipinski definition) is 3. The van der Waals surface area contributed by atoms with Gasteiger partial charge in [-0.25, -0.2) is 0 Å². The number of unbranched alkanes of at least 4 members (excludes halogenated alkanes) is 3. The Bertz CT molecular complexity index is 1050. The molecule has 1 heterocycles. The van der Waals surface area contributed by atoms with Gasteiger partial charge < -0.3 is 21.9 Å². The number of hydrogen-bond acceptors (Lipinski definition) is 6. The molecule has 236 valence electrons. The highest BCUT2D eigenvalue weighted by Crippen LogP contribution is 2.64. The summed E-state index contributed by atoms with van der Waals surface area (Å²) in [4.78, 5) is 8.09. The first-order valence-corrected chi connectivity index (χ1v) is 17.6. The van der Waals surface area contributed by atoms with Crippen LogP contribution in [0.15, 0.2) is 11.6 Å². The van der Waals surface area contributed by atoms with Crippen LogP contribution >= 0.6 is 0 Å². The molecule has 0 unspecified atom stereocenters. The predicted molar refractivity (Wildman–Crippen MR) is 176 cm³/mol. The quantitative estimate of drug-likeness (QED) is 0.160. The van der Waals surface area contributed by atoms with Gasteiger partial charge in [-0.1, -0.05) is 71.4 Å². The maximum absolute atomic E-state index is 6.44. The summed E-state index contributed by atoms with van der Waals surface area (Å²) in [6, 6.07) is 0. The lowest BCUT2D eigenvalue weighted by Gasteiger charge is -2.54. The summed E-state index contributed by atoms with van der Waals surface area (Å²) in [5.74, 6) is 7.35. The van der Waals surface area contributed by atoms with Crippen LogP contribution in [0, 0.1) is 46.8 Å². The standard InChI is InChI=1S/C36H61N5O/c1-23(2)10-9-11-24(3)31-17-18-32-29-15-13-25-22-26(14-16-27(25)28(29)19-20-36(31,32)4)42-21-8-6-5-7-12-30-33(37)40-35(39)41-34(30)38/h13,23-24,26-29,31-32H,5-12,14-22H2,1-4H3,(H6,37,38,39,40,41)/t24-,26+,27+,28-,29-,31-,32+,36-/m1/s1. The van der Waals surface area contributed by atoms with Crippen LogP contribution in [0.3, 0.4) is 0 Å². The van der Waals surface area contributed by atoms with Crippen molar-refractivity contribution in [2.24, 2.45) is 46.8 Å². The van der Waals surface area contributed by atoms with E-state index in [-0.39, 0.29) is 5.95 Å². The van der Waals surface area contributed by atoms with E-state index in [0.29, 0.717) is 23.2 Å². The Hall–Kier alpha value is -1.82. The van der Waals surface area contributed by atoms with Crippen molar-refractivity contribution >= 4 is 17.6 Å². The Labute approximate surface area is 256 Å². The monoisotopic (exact) mass is 579 g/mol. The van der Waals surface area contributed by atoms with Crippen LogP contribution in [0.1, 0.15) is 130 Å². The molecule has 1 aromatic rings. The zero-order chi connectivity index (χ0) is 29.9. The highest BCUT2D eigenvalue weighted by molar-refractivity contribution is 5.55. The number of nitrogen functional groups attached to an aromatic ring is 3. The largest absolute Gasteiger partial charge is 0.383 e. The normalized spacial score (nSPS) is 33.1. The minimum absolute atomic E-state index is 0.144. The van der Waals surface area contributed by atoms with Gasteiger partial charge in [0.25, 0.3) is 0 Å². The van der Waals surface area contributed by atoms with E-state index in [1.807, 2.05) is 0 Å². The minimum atomic E-state index is 0.144. The third kappa shape index (κ3) is 6.94. The Kier molecular flexibility index (Phi) is 10.4. The van der Waals surface area contributed by atoms with Crippen molar-refractivity contribution in [3.8, 4) is 0 Å². The lowest BCUT2D eigenvalue weighted by molar-refractivity contribution is -0.0358. The second-order valence-corrected chi connectivity index (χ2v) is 15.4. The van der Waals surface area contributed by atoms with Gasteiger partial charge in [-0.15, -0.1) is 0 Å². The van der Waals surface area contributed by atoms with Crippen LogP contribution in [0.2, 0.25) is 0 Å². The number of nitrogens with two attached hydrogens (primary N) is 3. The molecule has 0 spiro atoms. The van der Waals surface area contributed by atoms with Gasteiger partial charge in [0, 0.05) is 12.2 Å². The van der Waals surface area contributed by atoms with Gasteiger partial charge in [0.2, 0.25) is 5.95 Å². The van der Waals surface area contributed by atoms with Crippen LogP contribution < -0.4 is 17.2 Å². The van der Waals surface area contributed by atoms with E-state index in [0.717, 1.165) is 85.7 Å². The summed E-state index contributed by atoms with van der Waals surface area (Å²) in [5, 5.41) is 0. The topological polar surface area (TPSA) is 113 Å². The molecule has 0 saturated heterocycles. The number of fused-ring (bicyclic) bond motifs is 5. The zero-order valence-corrected chi connectivity index (χ0v) is 27.3. The first-order chi connectivity index (χ1) is 20.2. The molecule has 42 heavy (non-hydrogen) atoms. The van der Waals surface area contributed by atoms with E-state index >= 15 is 0 Å². The summed E-state index contributed by atoms with van der Waals surface area (Å²) in [6.45, 7) is 10.9. The average Bonchev–Trinajstić information content (AvgIpc) is 3.30. The summed E-state index contributed by atoms with van der Waals surface area (Å²) < 4.78 is 6.44. The van der Waals surface area contributed by atoms with E-state index < -0.39 is 0 Å². The molecule has 0 aliphatic heterocycles. The predicted octanol–water partition coefficient (Wildman–Crippen LogP) is 8.36. The summed E-state index contributed by atoms with van der Waals surface area (Å²) in [7, 11) is 0. The number of rotatable bonds is 13. The van der Waals surface area contributed by atoms with Crippen molar-refractivity contribution < 1.29 is 4.74 Å². The van der Waals surface area contributed by atoms with Crippen molar-refractivity contribution in [3.05, 3.63) is 17.2 Å². The van der Waals surface area contributed by atoms with Crippen molar-refractivity contribution in [1.29, 1.82) is 0 Å². The van der Waals surface area contributed by atoms with Crippen LogP contribution in [0.25, 0.3) is 0 Å². The van der Waals surface area contributed by atoms with E-state index in [2.05, 4.69) is 43.7 Å². The maximum atomic E-state index is 6.44. The lowest BCUT2D eigenvalue weighted by atomic mass is 9.51. The smallest absolute Gasteiger partial charge is 0.223 e. The van der Waals surface area contributed by atoms with Gasteiger partial charge in [-0.05, 0) is 117 Å². The van der Waals surface area contributed by atoms with Crippen LogP contribution in [-0.2, 0) is 11.2 Å². The van der Waals surface area contributed by atoms with E-state index in [1.54, 1.807) is 5.57 Å². The fourth-order valence-corrected chi connectivity index (χ4v) is 10.2. The Balaban J connectivity index is 1.04. The Morgan fingerprint density at radius 2 is 1.64 bits per heavy atom. The molecule has 4 aliphatic rings. The van der Waals surface area contributed by atoms with Crippen LogP contribution in [0.5, 0.6) is 0 Å². The number of aromatic nitrogens is 2. The lowest BCUT2D eigenvalue weighted by Crippen LogP contribution is -2.47. The molecule has 6 nitrogen and oxygen atoms in total. The molecule has 5 rings (SSSR count). The Morgan fingerprint density at radius 1 is 0.881 bits per heavy atom. The molecular formula is C36H61N5O. The molecular weight excluding hydrogens is 518 g/mol. The van der Waals surface area contributed by atoms with Gasteiger partial charge in [0.1, 0.15) is 11.6 Å². The average molecular weight is 580 g/mol. The second kappa shape index (κ2) is 13.9. The van der Waals surface area contributed by atoms with Gasteiger partial charge >= 0.3 is 0 Å². The molecule has 3 saturated carbocycles. The second-order valence-electron chi connectivity index (χ2n) is 15.4.